The third-order valence-corrected chi connectivity index (χ3v) is 4.36. The fraction of sp³-hybridized carbons (Fsp3) is 0.350. The minimum Gasteiger partial charge on any atom is -0.486 e. The third-order valence-electron chi connectivity index (χ3n) is 4.36. The monoisotopic (exact) mass is 338 g/mol. The molecule has 3 rings (SSSR count). The number of hydrogen-bond acceptors (Lipinski definition) is 5. The summed E-state index contributed by atoms with van der Waals surface area (Å²) in [5, 5.41) is 22.6. The maximum atomic E-state index is 10.4. The van der Waals surface area contributed by atoms with Crippen LogP contribution in [0.3, 0.4) is 0 Å². The molecule has 0 amide bonds. The highest BCUT2D eigenvalue weighted by molar-refractivity contribution is 5.44. The Hall–Kier alpha value is -2.55. The van der Waals surface area contributed by atoms with Crippen LogP contribution in [-0.2, 0) is 0 Å². The molecule has 2 unspecified atom stereocenters. The maximum absolute atomic E-state index is 10.4. The Balaban J connectivity index is 1.64. The second-order valence-electron chi connectivity index (χ2n) is 6.02. The first-order chi connectivity index (χ1) is 12.2. The van der Waals surface area contributed by atoms with E-state index in [9.17, 15) is 5.11 Å². The van der Waals surface area contributed by atoms with Gasteiger partial charge in [-0.2, -0.15) is 5.26 Å². The average Bonchev–Trinajstić information content (AvgIpc) is 2.68. The quantitative estimate of drug-likeness (QED) is 0.846. The summed E-state index contributed by atoms with van der Waals surface area (Å²) >= 11 is 0. The Labute approximate surface area is 147 Å². The number of fused-ring (bicyclic) bond motifs is 1. The number of nitrogens with one attached hydrogen (secondary N) is 1. The molecular weight excluding hydrogens is 316 g/mol. The van der Waals surface area contributed by atoms with Crippen molar-refractivity contribution in [3.8, 4) is 17.6 Å². The van der Waals surface area contributed by atoms with Crippen LogP contribution in [0, 0.1) is 11.3 Å². The predicted molar refractivity (Wildman–Crippen MR) is 94.6 cm³/mol. The largest absolute Gasteiger partial charge is 0.486 e. The Morgan fingerprint density at radius 2 is 1.76 bits per heavy atom. The summed E-state index contributed by atoms with van der Waals surface area (Å²) in [5.74, 6) is 1.55. The van der Waals surface area contributed by atoms with Crippen molar-refractivity contribution in [2.45, 2.75) is 25.5 Å². The third kappa shape index (κ3) is 4.11. The number of nitriles is 1. The Morgan fingerprint density at radius 1 is 1.08 bits per heavy atom. The summed E-state index contributed by atoms with van der Waals surface area (Å²) < 4.78 is 11.2. The summed E-state index contributed by atoms with van der Waals surface area (Å²) in [6.45, 7) is 3.68. The van der Waals surface area contributed by atoms with E-state index >= 15 is 0 Å². The molecule has 1 aliphatic heterocycles. The van der Waals surface area contributed by atoms with Gasteiger partial charge in [-0.1, -0.05) is 25.1 Å². The molecule has 2 aromatic carbocycles. The average molecular weight is 338 g/mol. The molecule has 130 valence electrons. The number of hydrogen-bond donors (Lipinski definition) is 2. The Bertz CT molecular complexity index is 753. The lowest BCUT2D eigenvalue weighted by molar-refractivity contribution is 0.167. The minimum absolute atomic E-state index is 0.115. The summed E-state index contributed by atoms with van der Waals surface area (Å²) in [7, 11) is 0. The van der Waals surface area contributed by atoms with Crippen molar-refractivity contribution in [1.82, 2.24) is 5.32 Å². The van der Waals surface area contributed by atoms with Gasteiger partial charge < -0.3 is 19.9 Å². The molecule has 5 nitrogen and oxygen atoms in total. The number of aliphatic hydroxyl groups is 1. The van der Waals surface area contributed by atoms with Crippen molar-refractivity contribution >= 4 is 0 Å². The van der Waals surface area contributed by atoms with Crippen LogP contribution in [0.1, 0.15) is 42.2 Å². The van der Waals surface area contributed by atoms with Crippen molar-refractivity contribution in [1.29, 1.82) is 5.26 Å². The second-order valence-corrected chi connectivity index (χ2v) is 6.02. The summed E-state index contributed by atoms with van der Waals surface area (Å²) in [5.41, 5.74) is 2.49. The van der Waals surface area contributed by atoms with Crippen LogP contribution in [0.4, 0.5) is 0 Å². The van der Waals surface area contributed by atoms with E-state index in [1.54, 1.807) is 24.3 Å². The van der Waals surface area contributed by atoms with E-state index in [1.807, 2.05) is 18.2 Å². The Morgan fingerprint density at radius 3 is 2.44 bits per heavy atom. The summed E-state index contributed by atoms with van der Waals surface area (Å²) in [6, 6.07) is 15.2. The van der Waals surface area contributed by atoms with Crippen LogP contribution in [0.5, 0.6) is 11.5 Å². The molecule has 2 atom stereocenters. The van der Waals surface area contributed by atoms with Gasteiger partial charge in [-0.3, -0.25) is 0 Å². The van der Waals surface area contributed by atoms with Crippen molar-refractivity contribution in [3.63, 3.8) is 0 Å². The predicted octanol–water partition coefficient (Wildman–Crippen LogP) is 3.10. The molecule has 0 spiro atoms. The molecular formula is C20H22N2O3. The number of rotatable bonds is 6. The Kier molecular flexibility index (Phi) is 5.54. The smallest absolute Gasteiger partial charge is 0.161 e. The van der Waals surface area contributed by atoms with E-state index in [4.69, 9.17) is 14.7 Å². The van der Waals surface area contributed by atoms with Gasteiger partial charge in [-0.05, 0) is 41.8 Å². The van der Waals surface area contributed by atoms with Crippen LogP contribution in [0.25, 0.3) is 0 Å². The van der Waals surface area contributed by atoms with E-state index in [0.29, 0.717) is 25.3 Å². The van der Waals surface area contributed by atoms with Crippen LogP contribution < -0.4 is 14.8 Å². The number of benzene rings is 2. The second kappa shape index (κ2) is 8.02. The topological polar surface area (TPSA) is 74.5 Å². The zero-order valence-electron chi connectivity index (χ0n) is 14.2. The summed E-state index contributed by atoms with van der Waals surface area (Å²) in [4.78, 5) is 0. The number of ether oxygens (including phenoxy) is 2. The van der Waals surface area contributed by atoms with Gasteiger partial charge in [-0.15, -0.1) is 0 Å². The maximum Gasteiger partial charge on any atom is 0.161 e. The van der Waals surface area contributed by atoms with Crippen LogP contribution in [0.2, 0.25) is 0 Å². The van der Waals surface area contributed by atoms with Gasteiger partial charge in [0.2, 0.25) is 0 Å². The summed E-state index contributed by atoms with van der Waals surface area (Å²) in [6.07, 6.45) is 0.263. The zero-order chi connectivity index (χ0) is 17.6. The lowest BCUT2D eigenvalue weighted by Gasteiger charge is -2.23. The first-order valence-corrected chi connectivity index (χ1v) is 8.52. The van der Waals surface area contributed by atoms with Gasteiger partial charge in [0.25, 0.3) is 0 Å². The van der Waals surface area contributed by atoms with Gasteiger partial charge in [0.1, 0.15) is 13.2 Å². The first kappa shape index (κ1) is 17.3. The standard InChI is InChI=1S/C20H22N2O3/c1-2-17(16-7-8-19-20(11-16)25-10-9-24-19)22-13-18(23)15-5-3-14(12-21)4-6-15/h3-8,11,17-18,22-23H,2,9-10,13H2,1H3. The highest BCUT2D eigenvalue weighted by Crippen LogP contribution is 2.33. The molecule has 2 N–H and O–H groups in total. The molecule has 0 fully saturated rings. The normalized spacial score (nSPS) is 15.2. The lowest BCUT2D eigenvalue weighted by atomic mass is 10.0. The number of nitrogens with zero attached hydrogens (tertiary/aromatic N) is 1. The van der Waals surface area contributed by atoms with Crippen LogP contribution in [0.15, 0.2) is 42.5 Å². The molecule has 2 aromatic rings. The van der Waals surface area contributed by atoms with Gasteiger partial charge >= 0.3 is 0 Å². The van der Waals surface area contributed by atoms with E-state index < -0.39 is 6.10 Å². The minimum atomic E-state index is -0.626. The van der Waals surface area contributed by atoms with Crippen molar-refractivity contribution < 1.29 is 14.6 Å². The van der Waals surface area contributed by atoms with Gasteiger partial charge in [-0.25, -0.2) is 0 Å². The molecule has 1 heterocycles. The van der Waals surface area contributed by atoms with E-state index in [2.05, 4.69) is 18.3 Å². The molecule has 5 heteroatoms. The highest BCUT2D eigenvalue weighted by Gasteiger charge is 2.17. The molecule has 0 saturated carbocycles. The molecule has 1 aliphatic rings. The van der Waals surface area contributed by atoms with Gasteiger partial charge in [0.05, 0.1) is 17.7 Å². The van der Waals surface area contributed by atoms with Crippen molar-refractivity contribution in [3.05, 3.63) is 59.2 Å². The van der Waals surface area contributed by atoms with Crippen LogP contribution >= 0.6 is 0 Å². The molecule has 0 radical (unpaired) electrons. The van der Waals surface area contributed by atoms with E-state index in [-0.39, 0.29) is 6.04 Å². The SMILES string of the molecule is CCC(NCC(O)c1ccc(C#N)cc1)c1ccc2c(c1)OCCO2. The fourth-order valence-electron chi connectivity index (χ4n) is 2.93. The first-order valence-electron chi connectivity index (χ1n) is 8.52. The molecule has 0 aliphatic carbocycles. The highest BCUT2D eigenvalue weighted by atomic mass is 16.6. The lowest BCUT2D eigenvalue weighted by Crippen LogP contribution is -2.26. The number of aliphatic hydroxyl groups excluding tert-OH is 1. The van der Waals surface area contributed by atoms with Gasteiger partial charge in [0, 0.05) is 12.6 Å². The zero-order valence-corrected chi connectivity index (χ0v) is 14.2. The van der Waals surface area contributed by atoms with E-state index in [1.165, 1.54) is 0 Å². The fourth-order valence-corrected chi connectivity index (χ4v) is 2.93. The van der Waals surface area contributed by atoms with Crippen LogP contribution in [-0.4, -0.2) is 24.9 Å². The molecule has 25 heavy (non-hydrogen) atoms. The molecule has 0 aromatic heterocycles. The van der Waals surface area contributed by atoms with Crippen molar-refractivity contribution in [2.24, 2.45) is 0 Å². The van der Waals surface area contributed by atoms with Crippen molar-refractivity contribution in [2.75, 3.05) is 19.8 Å². The molecule has 0 bridgehead atoms. The van der Waals surface area contributed by atoms with Gasteiger partial charge in [0.15, 0.2) is 11.5 Å². The molecule has 0 saturated heterocycles. The van der Waals surface area contributed by atoms with E-state index in [0.717, 1.165) is 29.0 Å².